The lowest BCUT2D eigenvalue weighted by molar-refractivity contribution is -0.137. The highest BCUT2D eigenvalue weighted by Gasteiger charge is 2.32. The Hall–Kier alpha value is -2.02. The summed E-state index contributed by atoms with van der Waals surface area (Å²) in [7, 11) is 0. The topological polar surface area (TPSA) is 73.1 Å². The van der Waals surface area contributed by atoms with Crippen molar-refractivity contribution in [1.82, 2.24) is 0 Å². The van der Waals surface area contributed by atoms with Crippen molar-refractivity contribution in [3.05, 3.63) is 29.3 Å². The van der Waals surface area contributed by atoms with Gasteiger partial charge in [0.25, 0.3) is 0 Å². The number of rotatable bonds is 5. The largest absolute Gasteiger partial charge is 0.481 e. The Balaban J connectivity index is 2.09. The van der Waals surface area contributed by atoms with Gasteiger partial charge in [-0.15, -0.1) is 0 Å². The molecule has 1 aliphatic carbocycles. The predicted octanol–water partition coefficient (Wildman–Crippen LogP) is 2.53. The quantitative estimate of drug-likeness (QED) is 0.834. The van der Waals surface area contributed by atoms with Crippen molar-refractivity contribution in [2.75, 3.05) is 5.32 Å². The van der Waals surface area contributed by atoms with Crippen LogP contribution in [0.15, 0.2) is 18.2 Å². The number of carboxylic acid groups (broad SMARTS) is 1. The molecule has 1 aromatic carbocycles. The Bertz CT molecular complexity index is 501. The minimum absolute atomic E-state index is 0.00478. The summed E-state index contributed by atoms with van der Waals surface area (Å²) in [5, 5.41) is 21.0. The first-order chi connectivity index (χ1) is 8.60. The van der Waals surface area contributed by atoms with Crippen LogP contribution in [0, 0.1) is 24.2 Å². The maximum Gasteiger partial charge on any atom is 0.305 e. The van der Waals surface area contributed by atoms with E-state index >= 15 is 0 Å². The summed E-state index contributed by atoms with van der Waals surface area (Å²) < 4.78 is 0. The molecule has 0 aromatic heterocycles. The average molecular weight is 244 g/mol. The minimum atomic E-state index is -0.773. The highest BCUT2D eigenvalue weighted by molar-refractivity contribution is 5.68. The number of benzene rings is 1. The van der Waals surface area contributed by atoms with Gasteiger partial charge >= 0.3 is 5.97 Å². The molecule has 0 radical (unpaired) electrons. The van der Waals surface area contributed by atoms with Gasteiger partial charge in [-0.3, -0.25) is 4.79 Å². The summed E-state index contributed by atoms with van der Waals surface area (Å²) >= 11 is 0. The fraction of sp³-hybridized carbons (Fsp3) is 0.429. The van der Waals surface area contributed by atoms with E-state index in [1.54, 1.807) is 6.07 Å². The molecule has 1 saturated carbocycles. The fourth-order valence-electron chi connectivity index (χ4n) is 2.12. The number of aryl methyl sites for hydroxylation is 1. The van der Waals surface area contributed by atoms with Crippen molar-refractivity contribution in [3.8, 4) is 6.07 Å². The molecular weight excluding hydrogens is 228 g/mol. The molecule has 0 amide bonds. The molecule has 1 atom stereocenters. The zero-order valence-corrected chi connectivity index (χ0v) is 10.3. The summed E-state index contributed by atoms with van der Waals surface area (Å²) in [6.45, 7) is 1.88. The van der Waals surface area contributed by atoms with E-state index in [1.807, 2.05) is 19.1 Å². The van der Waals surface area contributed by atoms with Crippen LogP contribution in [0.25, 0.3) is 0 Å². The third kappa shape index (κ3) is 3.01. The maximum atomic E-state index is 10.8. The summed E-state index contributed by atoms with van der Waals surface area (Å²) in [6, 6.07) is 7.62. The Labute approximate surface area is 106 Å². The van der Waals surface area contributed by atoms with Gasteiger partial charge < -0.3 is 10.4 Å². The second-order valence-electron chi connectivity index (χ2n) is 4.83. The standard InChI is InChI=1S/C14H16N2O2/c1-9-6-12(5-4-11(9)8-15)16-13(7-14(17)18)10-2-3-10/h4-6,10,13,16H,2-3,7H2,1H3,(H,17,18). The first-order valence-corrected chi connectivity index (χ1v) is 6.09. The minimum Gasteiger partial charge on any atom is -0.481 e. The van der Waals surface area contributed by atoms with Gasteiger partial charge in [-0.1, -0.05) is 0 Å². The van der Waals surface area contributed by atoms with Crippen molar-refractivity contribution >= 4 is 11.7 Å². The van der Waals surface area contributed by atoms with Crippen LogP contribution in [0.5, 0.6) is 0 Å². The molecule has 1 aliphatic rings. The van der Waals surface area contributed by atoms with Crippen LogP contribution < -0.4 is 5.32 Å². The Morgan fingerprint density at radius 1 is 1.61 bits per heavy atom. The molecule has 94 valence electrons. The lowest BCUT2D eigenvalue weighted by Crippen LogP contribution is -2.25. The second-order valence-corrected chi connectivity index (χ2v) is 4.83. The average Bonchev–Trinajstić information content (AvgIpc) is 3.11. The van der Waals surface area contributed by atoms with E-state index in [4.69, 9.17) is 10.4 Å². The number of nitriles is 1. The van der Waals surface area contributed by atoms with E-state index in [2.05, 4.69) is 11.4 Å². The molecule has 2 N–H and O–H groups in total. The molecule has 1 aromatic rings. The van der Waals surface area contributed by atoms with Gasteiger partial charge in [0, 0.05) is 11.7 Å². The van der Waals surface area contributed by atoms with Crippen LogP contribution in [0.2, 0.25) is 0 Å². The molecular formula is C14H16N2O2. The van der Waals surface area contributed by atoms with Crippen LogP contribution >= 0.6 is 0 Å². The molecule has 4 nitrogen and oxygen atoms in total. The lowest BCUT2D eigenvalue weighted by Gasteiger charge is -2.18. The second kappa shape index (κ2) is 5.09. The maximum absolute atomic E-state index is 10.8. The zero-order valence-electron chi connectivity index (χ0n) is 10.3. The highest BCUT2D eigenvalue weighted by atomic mass is 16.4. The van der Waals surface area contributed by atoms with E-state index in [9.17, 15) is 4.79 Å². The monoisotopic (exact) mass is 244 g/mol. The zero-order chi connectivity index (χ0) is 13.1. The highest BCUT2D eigenvalue weighted by Crippen LogP contribution is 2.35. The van der Waals surface area contributed by atoms with Crippen molar-refractivity contribution < 1.29 is 9.90 Å². The number of aliphatic carboxylic acids is 1. The summed E-state index contributed by atoms with van der Waals surface area (Å²) in [6.07, 6.45) is 2.34. The molecule has 0 heterocycles. The van der Waals surface area contributed by atoms with Gasteiger partial charge in [0.05, 0.1) is 18.1 Å². The van der Waals surface area contributed by atoms with Gasteiger partial charge in [-0.05, 0) is 49.4 Å². The number of nitrogens with one attached hydrogen (secondary N) is 1. The Kier molecular flexibility index (Phi) is 3.52. The lowest BCUT2D eigenvalue weighted by atomic mass is 10.1. The third-order valence-electron chi connectivity index (χ3n) is 3.28. The van der Waals surface area contributed by atoms with Crippen molar-refractivity contribution in [3.63, 3.8) is 0 Å². The van der Waals surface area contributed by atoms with Crippen LogP contribution in [0.1, 0.15) is 30.4 Å². The normalized spacial score (nSPS) is 15.8. The summed E-state index contributed by atoms with van der Waals surface area (Å²) in [5.74, 6) is -0.304. The SMILES string of the molecule is Cc1cc(NC(CC(=O)O)C2CC2)ccc1C#N. The molecule has 1 unspecified atom stereocenters. The van der Waals surface area contributed by atoms with Gasteiger partial charge in [-0.2, -0.15) is 5.26 Å². The van der Waals surface area contributed by atoms with Crippen molar-refractivity contribution in [1.29, 1.82) is 5.26 Å². The van der Waals surface area contributed by atoms with Crippen molar-refractivity contribution in [2.24, 2.45) is 5.92 Å². The summed E-state index contributed by atoms with van der Waals surface area (Å²) in [5.41, 5.74) is 2.46. The van der Waals surface area contributed by atoms with Gasteiger partial charge in [0.2, 0.25) is 0 Å². The smallest absolute Gasteiger partial charge is 0.305 e. The van der Waals surface area contributed by atoms with Crippen molar-refractivity contribution in [2.45, 2.75) is 32.2 Å². The van der Waals surface area contributed by atoms with Crippen LogP contribution in [-0.4, -0.2) is 17.1 Å². The van der Waals surface area contributed by atoms with Gasteiger partial charge in [0.1, 0.15) is 0 Å². The molecule has 0 bridgehead atoms. The molecule has 2 rings (SSSR count). The van der Waals surface area contributed by atoms with E-state index in [-0.39, 0.29) is 12.5 Å². The molecule has 0 spiro atoms. The van der Waals surface area contributed by atoms with Crippen LogP contribution in [0.4, 0.5) is 5.69 Å². The predicted molar refractivity (Wildman–Crippen MR) is 68.3 cm³/mol. The van der Waals surface area contributed by atoms with Gasteiger partial charge in [-0.25, -0.2) is 0 Å². The first kappa shape index (κ1) is 12.4. The molecule has 0 aliphatic heterocycles. The number of carboxylic acids is 1. The van der Waals surface area contributed by atoms with Gasteiger partial charge in [0.15, 0.2) is 0 Å². The molecule has 4 heteroatoms. The van der Waals surface area contributed by atoms with Crippen LogP contribution in [-0.2, 0) is 4.79 Å². The summed E-state index contributed by atoms with van der Waals surface area (Å²) in [4.78, 5) is 10.8. The van der Waals surface area contributed by atoms with Crippen LogP contribution in [0.3, 0.4) is 0 Å². The molecule has 0 saturated heterocycles. The van der Waals surface area contributed by atoms with E-state index in [0.717, 1.165) is 24.1 Å². The number of hydrogen-bond donors (Lipinski definition) is 2. The number of hydrogen-bond acceptors (Lipinski definition) is 3. The molecule has 1 fully saturated rings. The third-order valence-corrected chi connectivity index (χ3v) is 3.28. The number of anilines is 1. The van der Waals surface area contributed by atoms with E-state index in [0.29, 0.717) is 11.5 Å². The number of carbonyl (C=O) groups is 1. The molecule has 18 heavy (non-hydrogen) atoms. The Morgan fingerprint density at radius 2 is 2.33 bits per heavy atom. The fourth-order valence-corrected chi connectivity index (χ4v) is 2.12. The van der Waals surface area contributed by atoms with E-state index in [1.165, 1.54) is 0 Å². The first-order valence-electron chi connectivity index (χ1n) is 6.09. The Morgan fingerprint density at radius 3 is 2.83 bits per heavy atom. The number of nitrogens with zero attached hydrogens (tertiary/aromatic N) is 1. The van der Waals surface area contributed by atoms with E-state index < -0.39 is 5.97 Å².